The zero-order valence-corrected chi connectivity index (χ0v) is 20.2. The Morgan fingerprint density at radius 1 is 1.34 bits per heavy atom. The summed E-state index contributed by atoms with van der Waals surface area (Å²) < 4.78 is 7.07. The molecule has 1 unspecified atom stereocenters. The second-order valence-electron chi connectivity index (χ2n) is 8.57. The number of carbonyl (C=O) groups excluding carboxylic acids is 1. The zero-order chi connectivity index (χ0) is 24.9. The highest BCUT2D eigenvalue weighted by molar-refractivity contribution is 6.31. The number of aliphatic carboxylic acids is 1. The molecule has 1 saturated heterocycles. The number of rotatable bonds is 9. The molecular weight excluding hydrogens is 472 g/mol. The number of carboxylic acid groups (broad SMARTS) is 1. The molecule has 1 aromatic carbocycles. The van der Waals surface area contributed by atoms with E-state index >= 15 is 0 Å². The molecule has 1 fully saturated rings. The van der Waals surface area contributed by atoms with Gasteiger partial charge in [0.05, 0.1) is 18.6 Å². The number of hydrogen-bond donors (Lipinski definition) is 3. The predicted octanol–water partition coefficient (Wildman–Crippen LogP) is 3.02. The van der Waals surface area contributed by atoms with E-state index < -0.39 is 11.9 Å². The lowest BCUT2D eigenvalue weighted by molar-refractivity contribution is -0.141. The number of nitrogens with zero attached hydrogens (tertiary/aromatic N) is 4. The van der Waals surface area contributed by atoms with E-state index in [4.69, 9.17) is 16.3 Å². The molecular formula is C24H27ClN6O4. The molecule has 2 atom stereocenters. The Bertz CT molecular complexity index is 1220. The van der Waals surface area contributed by atoms with E-state index in [0.29, 0.717) is 35.6 Å². The number of ether oxygens (including phenoxy) is 1. The maximum atomic E-state index is 12.8. The van der Waals surface area contributed by atoms with Crippen molar-refractivity contribution in [2.24, 2.45) is 5.92 Å². The van der Waals surface area contributed by atoms with Gasteiger partial charge in [0.15, 0.2) is 0 Å². The van der Waals surface area contributed by atoms with Gasteiger partial charge in [0.1, 0.15) is 17.8 Å². The minimum atomic E-state index is -0.902. The molecule has 184 valence electrons. The number of carboxylic acids is 1. The van der Waals surface area contributed by atoms with E-state index in [1.807, 2.05) is 13.0 Å². The van der Waals surface area contributed by atoms with Crippen molar-refractivity contribution in [2.75, 3.05) is 18.5 Å². The van der Waals surface area contributed by atoms with Crippen LogP contribution in [0.4, 0.5) is 5.95 Å². The molecule has 3 N–H and O–H groups in total. The van der Waals surface area contributed by atoms with Crippen LogP contribution in [0, 0.1) is 12.8 Å². The van der Waals surface area contributed by atoms with Crippen molar-refractivity contribution >= 4 is 29.4 Å². The second kappa shape index (κ2) is 10.8. The number of nitrogens with one attached hydrogen (secondary N) is 2. The van der Waals surface area contributed by atoms with Crippen molar-refractivity contribution in [1.82, 2.24) is 24.8 Å². The van der Waals surface area contributed by atoms with Gasteiger partial charge in [0.2, 0.25) is 5.95 Å². The minimum Gasteiger partial charge on any atom is -0.481 e. The Morgan fingerprint density at radius 2 is 2.17 bits per heavy atom. The average molecular weight is 499 g/mol. The van der Waals surface area contributed by atoms with E-state index in [-0.39, 0.29) is 30.6 Å². The number of aryl methyl sites for hydroxylation is 1. The Morgan fingerprint density at radius 3 is 2.91 bits per heavy atom. The van der Waals surface area contributed by atoms with Gasteiger partial charge in [0, 0.05) is 36.1 Å². The third-order valence-electron chi connectivity index (χ3n) is 5.85. The SMILES string of the molecule is Cc1cnc(N[C@H]2CCOC2)nc1-n1cnc(C(=O)NCc2cccc(Cl)c2CC(C)C(=O)O)c1. The molecule has 0 aliphatic carbocycles. The summed E-state index contributed by atoms with van der Waals surface area (Å²) in [5.74, 6) is -0.760. The second-order valence-corrected chi connectivity index (χ2v) is 8.98. The molecule has 0 saturated carbocycles. The van der Waals surface area contributed by atoms with E-state index in [1.54, 1.807) is 36.0 Å². The van der Waals surface area contributed by atoms with Crippen molar-refractivity contribution in [3.05, 3.63) is 64.3 Å². The molecule has 10 nitrogen and oxygen atoms in total. The fraction of sp³-hybridized carbons (Fsp3) is 0.375. The summed E-state index contributed by atoms with van der Waals surface area (Å²) in [6, 6.07) is 5.48. The summed E-state index contributed by atoms with van der Waals surface area (Å²) in [7, 11) is 0. The number of amides is 1. The van der Waals surface area contributed by atoms with Crippen molar-refractivity contribution < 1.29 is 19.4 Å². The van der Waals surface area contributed by atoms with Crippen LogP contribution in [0.5, 0.6) is 0 Å². The molecule has 1 aliphatic rings. The van der Waals surface area contributed by atoms with Crippen LogP contribution in [0.25, 0.3) is 5.82 Å². The lowest BCUT2D eigenvalue weighted by atomic mass is 9.96. The van der Waals surface area contributed by atoms with Gasteiger partial charge >= 0.3 is 5.97 Å². The van der Waals surface area contributed by atoms with Crippen LogP contribution < -0.4 is 10.6 Å². The van der Waals surface area contributed by atoms with Crippen LogP contribution in [-0.2, 0) is 22.5 Å². The lowest BCUT2D eigenvalue weighted by Crippen LogP contribution is -2.24. The van der Waals surface area contributed by atoms with Crippen LogP contribution in [-0.4, -0.2) is 55.8 Å². The largest absolute Gasteiger partial charge is 0.481 e. The fourth-order valence-electron chi connectivity index (χ4n) is 3.81. The maximum Gasteiger partial charge on any atom is 0.306 e. The summed E-state index contributed by atoms with van der Waals surface area (Å²) in [6.07, 6.45) is 6.03. The first kappa shape index (κ1) is 24.6. The van der Waals surface area contributed by atoms with Gasteiger partial charge in [-0.3, -0.25) is 14.2 Å². The maximum absolute atomic E-state index is 12.8. The highest BCUT2D eigenvalue weighted by atomic mass is 35.5. The van der Waals surface area contributed by atoms with Gasteiger partial charge in [-0.2, -0.15) is 4.98 Å². The number of anilines is 1. The molecule has 11 heteroatoms. The first-order valence-corrected chi connectivity index (χ1v) is 11.7. The van der Waals surface area contributed by atoms with E-state index in [0.717, 1.165) is 17.5 Å². The molecule has 3 heterocycles. The normalized spacial score (nSPS) is 16.1. The summed E-state index contributed by atoms with van der Waals surface area (Å²) in [5.41, 5.74) is 2.53. The number of carbonyl (C=O) groups is 2. The van der Waals surface area contributed by atoms with Crippen LogP contribution >= 0.6 is 11.6 Å². The standard InChI is InChI=1S/C24H27ClN6O4/c1-14(23(33)34)8-18-16(4-3-5-19(18)25)10-26-22(32)20-11-31(13-28-20)21-15(2)9-27-24(30-21)29-17-6-7-35-12-17/h3-5,9,11,13-14,17H,6-8,10,12H2,1-2H3,(H,26,32)(H,33,34)(H,27,29,30)/t14?,17-/m0/s1. The van der Waals surface area contributed by atoms with E-state index in [9.17, 15) is 14.7 Å². The summed E-state index contributed by atoms with van der Waals surface area (Å²) >= 11 is 6.32. The summed E-state index contributed by atoms with van der Waals surface area (Å²) in [6.45, 7) is 5.03. The Kier molecular flexibility index (Phi) is 7.62. The number of halogens is 1. The van der Waals surface area contributed by atoms with E-state index in [1.165, 1.54) is 6.33 Å². The first-order valence-electron chi connectivity index (χ1n) is 11.3. The molecule has 0 bridgehead atoms. The van der Waals surface area contributed by atoms with Gasteiger partial charge in [-0.1, -0.05) is 30.7 Å². The monoisotopic (exact) mass is 498 g/mol. The van der Waals surface area contributed by atoms with Gasteiger partial charge in [-0.05, 0) is 37.0 Å². The predicted molar refractivity (Wildman–Crippen MR) is 130 cm³/mol. The van der Waals surface area contributed by atoms with Gasteiger partial charge in [-0.25, -0.2) is 9.97 Å². The Balaban J connectivity index is 1.45. The molecule has 35 heavy (non-hydrogen) atoms. The third kappa shape index (κ3) is 5.95. The Labute approximate surface area is 207 Å². The lowest BCUT2D eigenvalue weighted by Gasteiger charge is -2.14. The Hall–Kier alpha value is -3.50. The van der Waals surface area contributed by atoms with Crippen molar-refractivity contribution in [2.45, 2.75) is 39.3 Å². The number of aromatic nitrogens is 4. The third-order valence-corrected chi connectivity index (χ3v) is 6.21. The molecule has 1 amide bonds. The van der Waals surface area contributed by atoms with Crippen molar-refractivity contribution in [3.63, 3.8) is 0 Å². The fourth-order valence-corrected chi connectivity index (χ4v) is 4.08. The highest BCUT2D eigenvalue weighted by Crippen LogP contribution is 2.24. The molecule has 3 aromatic rings. The number of benzene rings is 1. The summed E-state index contributed by atoms with van der Waals surface area (Å²) in [5, 5.41) is 15.8. The van der Waals surface area contributed by atoms with Crippen molar-refractivity contribution in [3.8, 4) is 5.82 Å². The quantitative estimate of drug-likeness (QED) is 0.410. The molecule has 0 spiro atoms. The van der Waals surface area contributed by atoms with Gasteiger partial charge < -0.3 is 20.5 Å². The van der Waals surface area contributed by atoms with Crippen LogP contribution in [0.15, 0.2) is 36.9 Å². The van der Waals surface area contributed by atoms with Crippen LogP contribution in [0.1, 0.15) is 40.5 Å². The summed E-state index contributed by atoms with van der Waals surface area (Å²) in [4.78, 5) is 37.2. The zero-order valence-electron chi connectivity index (χ0n) is 19.5. The highest BCUT2D eigenvalue weighted by Gasteiger charge is 2.19. The molecule has 4 rings (SSSR count). The minimum absolute atomic E-state index is 0.171. The molecule has 1 aliphatic heterocycles. The van der Waals surface area contributed by atoms with Gasteiger partial charge in [-0.15, -0.1) is 0 Å². The van der Waals surface area contributed by atoms with E-state index in [2.05, 4.69) is 25.6 Å². The van der Waals surface area contributed by atoms with Crippen LogP contribution in [0.3, 0.4) is 0 Å². The number of hydrogen-bond acceptors (Lipinski definition) is 7. The van der Waals surface area contributed by atoms with Gasteiger partial charge in [0.25, 0.3) is 5.91 Å². The average Bonchev–Trinajstić information content (AvgIpc) is 3.53. The smallest absolute Gasteiger partial charge is 0.306 e. The number of imidazole rings is 1. The first-order chi connectivity index (χ1) is 16.8. The van der Waals surface area contributed by atoms with Crippen molar-refractivity contribution in [1.29, 1.82) is 0 Å². The van der Waals surface area contributed by atoms with Crippen LogP contribution in [0.2, 0.25) is 5.02 Å². The molecule has 0 radical (unpaired) electrons. The topological polar surface area (TPSA) is 131 Å². The molecule has 2 aromatic heterocycles.